The molecule has 2 saturated heterocycles. The number of anilines is 1. The van der Waals surface area contributed by atoms with Gasteiger partial charge in [-0.1, -0.05) is 41.9 Å². The van der Waals surface area contributed by atoms with Crippen LogP contribution < -0.4 is 9.64 Å². The molecule has 0 radical (unpaired) electrons. The molecule has 11 heteroatoms. The number of piperazine rings is 1. The first kappa shape index (κ1) is 36.3. The normalized spacial score (nSPS) is 15.8. The van der Waals surface area contributed by atoms with Crippen LogP contribution in [-0.4, -0.2) is 81.8 Å². The summed E-state index contributed by atoms with van der Waals surface area (Å²) in [5.74, 6) is 0.225. The van der Waals surface area contributed by atoms with Crippen LogP contribution in [0.3, 0.4) is 0 Å². The highest BCUT2D eigenvalue weighted by Gasteiger charge is 2.27. The van der Waals surface area contributed by atoms with Gasteiger partial charge in [0.25, 0.3) is 0 Å². The van der Waals surface area contributed by atoms with Gasteiger partial charge in [0.05, 0.1) is 6.20 Å². The first-order valence-corrected chi connectivity index (χ1v) is 18.7. The molecule has 0 spiro atoms. The third kappa shape index (κ3) is 8.95. The molecule has 0 aliphatic carbocycles. The standard InChI is InChI=1S/C42H46ClN5O5/c1-42(2,3)53-41(51)48-20-18-46(19-21-48)27-29-4-10-36(30-5-7-33(43)8-6-30)32(23-29)22-28-13-16-47(17-14-28)34-9-11-37(40(49)50)38(25-34)52-35-24-31-12-15-44-39(31)45-26-35/h4-12,15,23-26,28H,13-14,16-22,27H2,1-3H3,(H,44,45)(H,49,50). The van der Waals surface area contributed by atoms with E-state index in [4.69, 9.17) is 21.1 Å². The third-order valence-electron chi connectivity index (χ3n) is 10.0. The number of carboxylic acid groups (broad SMARTS) is 1. The quantitative estimate of drug-likeness (QED) is 0.155. The second kappa shape index (κ2) is 15.5. The van der Waals surface area contributed by atoms with Gasteiger partial charge in [0.15, 0.2) is 0 Å². The van der Waals surface area contributed by atoms with E-state index in [1.807, 2.05) is 63.4 Å². The number of pyridine rings is 1. The Balaban J connectivity index is 1.03. The smallest absolute Gasteiger partial charge is 0.410 e. The Morgan fingerprint density at radius 2 is 1.68 bits per heavy atom. The number of aromatic nitrogens is 2. The van der Waals surface area contributed by atoms with E-state index in [-0.39, 0.29) is 11.7 Å². The second-order valence-corrected chi connectivity index (χ2v) is 15.5. The number of H-pyrrole nitrogens is 1. The molecule has 2 aliphatic rings. The molecule has 2 N–H and O–H groups in total. The lowest BCUT2D eigenvalue weighted by molar-refractivity contribution is 0.0139. The number of hydrogen-bond acceptors (Lipinski definition) is 7. The number of hydrogen-bond donors (Lipinski definition) is 2. The Morgan fingerprint density at radius 3 is 2.40 bits per heavy atom. The zero-order valence-electron chi connectivity index (χ0n) is 30.5. The van der Waals surface area contributed by atoms with Crippen molar-refractivity contribution in [3.05, 3.63) is 107 Å². The van der Waals surface area contributed by atoms with Gasteiger partial charge in [-0.3, -0.25) is 4.90 Å². The molecule has 0 bridgehead atoms. The van der Waals surface area contributed by atoms with Crippen LogP contribution in [0.4, 0.5) is 10.5 Å². The van der Waals surface area contributed by atoms with Gasteiger partial charge in [0, 0.05) is 74.2 Å². The van der Waals surface area contributed by atoms with Gasteiger partial charge in [-0.15, -0.1) is 0 Å². The van der Waals surface area contributed by atoms with E-state index in [1.54, 1.807) is 17.2 Å². The monoisotopic (exact) mass is 735 g/mol. The number of rotatable bonds is 9. The number of carbonyl (C=O) groups is 2. The van der Waals surface area contributed by atoms with E-state index >= 15 is 0 Å². The largest absolute Gasteiger partial charge is 0.478 e. The van der Waals surface area contributed by atoms with Crippen LogP contribution in [0.15, 0.2) is 85.2 Å². The van der Waals surface area contributed by atoms with E-state index in [2.05, 4.69) is 50.1 Å². The number of ether oxygens (including phenoxy) is 2. The summed E-state index contributed by atoms with van der Waals surface area (Å²) in [4.78, 5) is 38.7. The zero-order valence-corrected chi connectivity index (χ0v) is 31.2. The summed E-state index contributed by atoms with van der Waals surface area (Å²) >= 11 is 6.26. The molecule has 3 aromatic carbocycles. The maximum absolute atomic E-state index is 12.6. The molecular formula is C42H46ClN5O5. The van der Waals surface area contributed by atoms with E-state index < -0.39 is 11.6 Å². The first-order chi connectivity index (χ1) is 25.5. The number of nitrogens with zero attached hydrogens (tertiary/aromatic N) is 4. The van der Waals surface area contributed by atoms with Crippen molar-refractivity contribution in [2.24, 2.45) is 5.92 Å². The van der Waals surface area contributed by atoms with Crippen LogP contribution in [0, 0.1) is 5.92 Å². The number of piperidine rings is 1. The predicted octanol–water partition coefficient (Wildman–Crippen LogP) is 8.89. The fourth-order valence-corrected chi connectivity index (χ4v) is 7.40. The molecule has 0 unspecified atom stereocenters. The number of carbonyl (C=O) groups excluding carboxylic acids is 1. The fourth-order valence-electron chi connectivity index (χ4n) is 7.28. The molecule has 2 aliphatic heterocycles. The van der Waals surface area contributed by atoms with Crippen molar-refractivity contribution in [2.45, 2.75) is 52.2 Å². The van der Waals surface area contributed by atoms with E-state index in [1.165, 1.54) is 16.7 Å². The Labute approximate surface area is 315 Å². The van der Waals surface area contributed by atoms with Crippen molar-refractivity contribution in [2.75, 3.05) is 44.2 Å². The molecule has 0 saturated carbocycles. The van der Waals surface area contributed by atoms with Crippen LogP contribution in [-0.2, 0) is 17.7 Å². The highest BCUT2D eigenvalue weighted by atomic mass is 35.5. The molecule has 7 rings (SSSR count). The average molecular weight is 736 g/mol. The van der Waals surface area contributed by atoms with Crippen molar-refractivity contribution in [1.29, 1.82) is 0 Å². The van der Waals surface area contributed by atoms with E-state index in [0.717, 1.165) is 74.3 Å². The predicted molar refractivity (Wildman–Crippen MR) is 208 cm³/mol. The molecule has 276 valence electrons. The van der Waals surface area contributed by atoms with Gasteiger partial charge < -0.3 is 29.4 Å². The van der Waals surface area contributed by atoms with Gasteiger partial charge in [-0.05, 0) is 105 Å². The number of aromatic carboxylic acids is 1. The molecule has 2 aromatic heterocycles. The van der Waals surface area contributed by atoms with Gasteiger partial charge in [-0.25, -0.2) is 14.6 Å². The SMILES string of the molecule is CC(C)(C)OC(=O)N1CCN(Cc2ccc(-c3ccc(Cl)cc3)c(CC3CCN(c4ccc(C(=O)O)c(Oc5cnc6[nH]ccc6c5)c4)CC3)c2)CC1. The van der Waals surface area contributed by atoms with Gasteiger partial charge >= 0.3 is 12.1 Å². The maximum atomic E-state index is 12.6. The van der Waals surface area contributed by atoms with E-state index in [9.17, 15) is 14.7 Å². The van der Waals surface area contributed by atoms with Gasteiger partial charge in [-0.2, -0.15) is 0 Å². The summed E-state index contributed by atoms with van der Waals surface area (Å²) in [5, 5.41) is 11.5. The lowest BCUT2D eigenvalue weighted by atomic mass is 9.86. The second-order valence-electron chi connectivity index (χ2n) is 15.1. The van der Waals surface area contributed by atoms with E-state index in [0.29, 0.717) is 35.5 Å². The molecule has 10 nitrogen and oxygen atoms in total. The van der Waals surface area contributed by atoms with Crippen molar-refractivity contribution in [3.63, 3.8) is 0 Å². The number of carboxylic acids is 1. The lowest BCUT2D eigenvalue weighted by Gasteiger charge is -2.36. The average Bonchev–Trinajstić information content (AvgIpc) is 3.60. The highest BCUT2D eigenvalue weighted by Crippen LogP contribution is 2.35. The summed E-state index contributed by atoms with van der Waals surface area (Å²) in [6.07, 6.45) is 6.12. The number of fused-ring (bicyclic) bond motifs is 1. The number of nitrogens with one attached hydrogen (secondary N) is 1. The van der Waals surface area contributed by atoms with Gasteiger partial charge in [0.1, 0.15) is 28.3 Å². The fraction of sp³-hybridized carbons (Fsp3) is 0.357. The Hall–Kier alpha value is -5.06. The summed E-state index contributed by atoms with van der Waals surface area (Å²) < 4.78 is 11.7. The number of amides is 1. The van der Waals surface area contributed by atoms with Crippen LogP contribution in [0.25, 0.3) is 22.2 Å². The van der Waals surface area contributed by atoms with Crippen molar-refractivity contribution >= 4 is 40.4 Å². The summed E-state index contributed by atoms with van der Waals surface area (Å²) in [6, 6.07) is 24.0. The number of halogens is 1. The van der Waals surface area contributed by atoms with Crippen LogP contribution in [0.2, 0.25) is 5.02 Å². The molecule has 2 fully saturated rings. The zero-order chi connectivity index (χ0) is 37.1. The number of benzene rings is 3. The minimum atomic E-state index is -1.04. The van der Waals surface area contributed by atoms with Gasteiger partial charge in [0.2, 0.25) is 0 Å². The Kier molecular flexibility index (Phi) is 10.6. The van der Waals surface area contributed by atoms with Crippen molar-refractivity contribution < 1.29 is 24.2 Å². The first-order valence-electron chi connectivity index (χ1n) is 18.3. The highest BCUT2D eigenvalue weighted by molar-refractivity contribution is 6.30. The molecule has 53 heavy (non-hydrogen) atoms. The molecule has 0 atom stereocenters. The van der Waals surface area contributed by atoms with Crippen LogP contribution in [0.5, 0.6) is 11.5 Å². The minimum Gasteiger partial charge on any atom is -0.478 e. The summed E-state index contributed by atoms with van der Waals surface area (Å²) in [7, 11) is 0. The molecule has 4 heterocycles. The Morgan fingerprint density at radius 1 is 0.925 bits per heavy atom. The minimum absolute atomic E-state index is 0.109. The van der Waals surface area contributed by atoms with Crippen molar-refractivity contribution in [1.82, 2.24) is 19.8 Å². The lowest BCUT2D eigenvalue weighted by Crippen LogP contribution is -2.49. The Bertz CT molecular complexity index is 2080. The number of aromatic amines is 1. The van der Waals surface area contributed by atoms with Crippen molar-refractivity contribution in [3.8, 4) is 22.6 Å². The summed E-state index contributed by atoms with van der Waals surface area (Å²) in [6.45, 7) is 11.1. The molecular weight excluding hydrogens is 690 g/mol. The summed E-state index contributed by atoms with van der Waals surface area (Å²) in [5.41, 5.74) is 6.25. The van der Waals surface area contributed by atoms with Crippen LogP contribution in [0.1, 0.15) is 55.1 Å². The molecule has 5 aromatic rings. The maximum Gasteiger partial charge on any atom is 0.410 e. The van der Waals surface area contributed by atoms with Crippen LogP contribution >= 0.6 is 11.6 Å². The molecule has 1 amide bonds. The topological polar surface area (TPSA) is 111 Å². The third-order valence-corrected chi connectivity index (χ3v) is 10.3.